The average Bonchev–Trinajstić information content (AvgIpc) is 3.68. The van der Waals surface area contributed by atoms with Gasteiger partial charge in [0.25, 0.3) is 0 Å². The Labute approximate surface area is 295 Å². The predicted molar refractivity (Wildman–Crippen MR) is 186 cm³/mol. The number of piperidine rings is 1. The van der Waals surface area contributed by atoms with Crippen LogP contribution in [-0.4, -0.2) is 105 Å². The Hall–Kier alpha value is -2.61. The van der Waals surface area contributed by atoms with Crippen molar-refractivity contribution in [2.24, 2.45) is 11.8 Å². The minimum Gasteiger partial charge on any atom is -0.453 e. The minimum atomic E-state index is -3.27. The van der Waals surface area contributed by atoms with Gasteiger partial charge in [0.05, 0.1) is 12.9 Å². The number of methoxy groups -OCH3 is 1. The molecule has 5 fully saturated rings. The summed E-state index contributed by atoms with van der Waals surface area (Å²) in [6, 6.07) is 6.50. The van der Waals surface area contributed by atoms with E-state index in [4.69, 9.17) is 21.1 Å². The van der Waals surface area contributed by atoms with E-state index in [1.807, 2.05) is 19.1 Å². The molecule has 2 bridgehead atoms. The normalized spacial score (nSPS) is 30.3. The molecule has 1 aromatic carbocycles. The molecule has 3 saturated heterocycles. The summed E-state index contributed by atoms with van der Waals surface area (Å²) in [5.74, 6) is -0.290. The number of nitrogens with one attached hydrogen (secondary N) is 3. The molecular formula is C35H52ClN5O7S. The number of sulfonamides is 1. The Kier molecular flexibility index (Phi) is 11.3. The summed E-state index contributed by atoms with van der Waals surface area (Å²) in [6.07, 6.45) is 7.86. The van der Waals surface area contributed by atoms with Crippen LogP contribution in [0.3, 0.4) is 0 Å². The Morgan fingerprint density at radius 3 is 2.47 bits per heavy atom. The Balaban J connectivity index is 1.15. The van der Waals surface area contributed by atoms with Gasteiger partial charge in [-0.2, -0.15) is 4.31 Å². The van der Waals surface area contributed by atoms with Gasteiger partial charge in [-0.25, -0.2) is 18.0 Å². The van der Waals surface area contributed by atoms with Crippen molar-refractivity contribution in [3.8, 4) is 0 Å². The molecule has 3 aliphatic heterocycles. The van der Waals surface area contributed by atoms with Crippen LogP contribution in [0.2, 0.25) is 5.02 Å². The van der Waals surface area contributed by atoms with Crippen molar-refractivity contribution < 1.29 is 32.3 Å². The number of carbonyl (C=O) groups excluding carboxylic acids is 3. The van der Waals surface area contributed by atoms with Gasteiger partial charge in [0.1, 0.15) is 11.6 Å². The number of hydrogen-bond donors (Lipinski definition) is 3. The summed E-state index contributed by atoms with van der Waals surface area (Å²) in [7, 11) is -1.99. The van der Waals surface area contributed by atoms with Gasteiger partial charge in [0.2, 0.25) is 15.9 Å². The molecule has 272 valence electrons. The Morgan fingerprint density at radius 2 is 1.78 bits per heavy atom. The fraction of sp³-hybridized carbons (Fsp3) is 0.743. The van der Waals surface area contributed by atoms with Crippen LogP contribution in [0.1, 0.15) is 89.0 Å². The van der Waals surface area contributed by atoms with Gasteiger partial charge in [-0.05, 0) is 101 Å². The van der Waals surface area contributed by atoms with Crippen LogP contribution in [0.5, 0.6) is 0 Å². The molecule has 0 radical (unpaired) electrons. The van der Waals surface area contributed by atoms with E-state index in [1.54, 1.807) is 21.3 Å². The van der Waals surface area contributed by atoms with Gasteiger partial charge in [0, 0.05) is 55.2 Å². The first-order chi connectivity index (χ1) is 23.4. The predicted octanol–water partition coefficient (Wildman–Crippen LogP) is 4.38. The molecule has 6 rings (SSSR count). The topological polar surface area (TPSA) is 146 Å². The van der Waals surface area contributed by atoms with Gasteiger partial charge in [-0.1, -0.05) is 30.2 Å². The number of nitrogens with zero attached hydrogens (tertiary/aromatic N) is 2. The molecular weight excluding hydrogens is 670 g/mol. The van der Waals surface area contributed by atoms with E-state index >= 15 is 0 Å². The van der Waals surface area contributed by atoms with Crippen LogP contribution >= 0.6 is 11.6 Å². The van der Waals surface area contributed by atoms with Crippen LogP contribution in [0.15, 0.2) is 24.3 Å². The van der Waals surface area contributed by atoms with E-state index in [9.17, 15) is 22.8 Å². The monoisotopic (exact) mass is 721 g/mol. The van der Waals surface area contributed by atoms with E-state index in [1.165, 1.54) is 7.11 Å². The molecule has 49 heavy (non-hydrogen) atoms. The lowest BCUT2D eigenvalue weighted by molar-refractivity contribution is -0.125. The van der Waals surface area contributed by atoms with Gasteiger partial charge in [0.15, 0.2) is 0 Å². The van der Waals surface area contributed by atoms with E-state index in [0.717, 1.165) is 56.9 Å². The quantitative estimate of drug-likeness (QED) is 0.323. The van der Waals surface area contributed by atoms with Crippen LogP contribution in [0.4, 0.5) is 9.59 Å². The summed E-state index contributed by atoms with van der Waals surface area (Å²) >= 11 is 6.26. The van der Waals surface area contributed by atoms with Gasteiger partial charge in [-0.15, -0.1) is 0 Å². The highest BCUT2D eigenvalue weighted by molar-refractivity contribution is 7.89. The zero-order valence-corrected chi connectivity index (χ0v) is 30.3. The third-order valence-corrected chi connectivity index (χ3v) is 13.8. The number of fused-ring (bicyclic) bond motifs is 2. The fourth-order valence-electron chi connectivity index (χ4n) is 8.42. The first-order valence-electron chi connectivity index (χ1n) is 18.1. The molecule has 14 heteroatoms. The number of benzene rings is 1. The van der Waals surface area contributed by atoms with Crippen LogP contribution in [-0.2, 0) is 24.3 Å². The molecule has 12 nitrogen and oxygen atoms in total. The van der Waals surface area contributed by atoms with E-state index < -0.39 is 28.1 Å². The summed E-state index contributed by atoms with van der Waals surface area (Å²) in [6.45, 7) is 4.11. The zero-order chi connectivity index (χ0) is 34.8. The van der Waals surface area contributed by atoms with E-state index in [-0.39, 0.29) is 53.3 Å². The molecule has 1 aromatic rings. The SMILES string of the molecule is COC(=O)N[C@@H](C(=O)N[C@H]1CCC[C@@H]1CC[C@H]1CN[C@@H]2CCCS(=O)(=O)N1C2)[C@@H](c1ccc(Cl)cc1)C1CCN(C(=O)OC2(C)CC2)CC1. The number of piperazine rings is 1. The zero-order valence-electron chi connectivity index (χ0n) is 28.7. The van der Waals surface area contributed by atoms with Crippen LogP contribution < -0.4 is 16.0 Å². The first-order valence-corrected chi connectivity index (χ1v) is 20.0. The third-order valence-electron chi connectivity index (χ3n) is 11.6. The van der Waals surface area contributed by atoms with Crippen molar-refractivity contribution in [3.05, 3.63) is 34.9 Å². The molecule has 3 heterocycles. The van der Waals surface area contributed by atoms with Gasteiger partial charge in [-0.3, -0.25) is 4.79 Å². The average molecular weight is 722 g/mol. The summed E-state index contributed by atoms with van der Waals surface area (Å²) < 4.78 is 38.5. The Morgan fingerprint density at radius 1 is 1.04 bits per heavy atom. The number of ether oxygens (including phenoxy) is 2. The molecule has 2 aliphatic carbocycles. The van der Waals surface area contributed by atoms with Crippen molar-refractivity contribution in [2.45, 2.75) is 113 Å². The molecule has 3 amide bonds. The van der Waals surface area contributed by atoms with Gasteiger partial charge < -0.3 is 30.3 Å². The fourth-order valence-corrected chi connectivity index (χ4v) is 10.4. The number of hydrogen-bond acceptors (Lipinski definition) is 8. The number of likely N-dealkylation sites (tertiary alicyclic amines) is 1. The van der Waals surface area contributed by atoms with Crippen molar-refractivity contribution in [2.75, 3.05) is 39.0 Å². The lowest BCUT2D eigenvalue weighted by atomic mass is 9.75. The number of alkyl carbamates (subject to hydrolysis) is 1. The maximum absolute atomic E-state index is 14.3. The standard InChI is InChI=1S/C35H52ClN5O7S/c1-35(16-17-35)48-34(44)40-18-14-25(15-19-40)30(24-8-11-26(36)12-9-24)31(39-33(43)47-2)32(42)38-29-7-3-5-23(29)10-13-28-21-37-27-6-4-20-49(45,46)41(28)22-27/h8-9,11-12,23,25,27-31,37H,3-7,10,13-22H2,1-2H3,(H,38,42)(H,39,43)/t23-,27-,28+,29+,30+,31-/m1/s1. The molecule has 7 atom stereocenters. The molecule has 1 unspecified atom stereocenters. The highest BCUT2D eigenvalue weighted by Gasteiger charge is 2.45. The third kappa shape index (κ3) is 8.83. The first kappa shape index (κ1) is 36.2. The second-order valence-corrected chi connectivity index (χ2v) is 17.5. The summed E-state index contributed by atoms with van der Waals surface area (Å²) in [4.78, 5) is 41.7. The largest absolute Gasteiger partial charge is 0.453 e. The minimum absolute atomic E-state index is 0.0211. The molecule has 0 aromatic heterocycles. The number of carbonyl (C=O) groups is 3. The summed E-state index contributed by atoms with van der Waals surface area (Å²) in [5, 5.41) is 10.3. The molecule has 3 N–H and O–H groups in total. The van der Waals surface area contributed by atoms with Crippen molar-refractivity contribution >= 4 is 39.7 Å². The summed E-state index contributed by atoms with van der Waals surface area (Å²) in [5.41, 5.74) is 0.518. The molecule has 2 saturated carbocycles. The van der Waals surface area contributed by atoms with Crippen LogP contribution in [0, 0.1) is 11.8 Å². The van der Waals surface area contributed by atoms with Crippen LogP contribution in [0.25, 0.3) is 0 Å². The van der Waals surface area contributed by atoms with Crippen molar-refractivity contribution in [1.29, 1.82) is 0 Å². The molecule has 0 spiro atoms. The lowest BCUT2D eigenvalue weighted by Crippen LogP contribution is -2.57. The second kappa shape index (κ2) is 15.3. The smallest absolute Gasteiger partial charge is 0.410 e. The molecule has 5 aliphatic rings. The maximum Gasteiger partial charge on any atom is 0.410 e. The number of halogens is 1. The number of amides is 3. The van der Waals surface area contributed by atoms with Crippen molar-refractivity contribution in [1.82, 2.24) is 25.2 Å². The lowest BCUT2D eigenvalue weighted by Gasteiger charge is -2.39. The maximum atomic E-state index is 14.3. The van der Waals surface area contributed by atoms with Crippen molar-refractivity contribution in [3.63, 3.8) is 0 Å². The Bertz CT molecular complexity index is 1450. The van der Waals surface area contributed by atoms with E-state index in [0.29, 0.717) is 50.5 Å². The number of rotatable bonds is 10. The highest BCUT2D eigenvalue weighted by Crippen LogP contribution is 2.41. The van der Waals surface area contributed by atoms with Gasteiger partial charge >= 0.3 is 12.2 Å². The highest BCUT2D eigenvalue weighted by atomic mass is 35.5. The second-order valence-electron chi connectivity index (χ2n) is 15.0. The van der Waals surface area contributed by atoms with E-state index in [2.05, 4.69) is 16.0 Å².